The van der Waals surface area contributed by atoms with Gasteiger partial charge in [0.25, 0.3) is 0 Å². The van der Waals surface area contributed by atoms with Crippen molar-refractivity contribution in [3.8, 4) is 0 Å². The fourth-order valence-electron chi connectivity index (χ4n) is 1.37. The molecule has 1 aromatic rings. The summed E-state index contributed by atoms with van der Waals surface area (Å²) in [5.41, 5.74) is 2.52. The Morgan fingerprint density at radius 3 is 2.42 bits per heavy atom. The number of nitrogens with zero attached hydrogens (tertiary/aromatic N) is 2. The van der Waals surface area contributed by atoms with Crippen LogP contribution in [0.25, 0.3) is 0 Å². The summed E-state index contributed by atoms with van der Waals surface area (Å²) in [5.74, 6) is -0.0519. The molecule has 0 heterocycles. The maximum atomic E-state index is 12.0. The third kappa shape index (κ3) is 5.29. The molecule has 0 fully saturated rings. The van der Waals surface area contributed by atoms with Gasteiger partial charge in [-0.3, -0.25) is 0 Å². The number of hydrogen-bond acceptors (Lipinski definition) is 4. The number of hydrogen-bond donors (Lipinski definition) is 2. The Morgan fingerprint density at radius 2 is 1.95 bits per heavy atom. The zero-order valence-electron chi connectivity index (χ0n) is 10.2. The second kappa shape index (κ2) is 6.55. The molecule has 0 aliphatic carbocycles. The lowest BCUT2D eigenvalue weighted by atomic mass is 10.2. The van der Waals surface area contributed by atoms with Crippen LogP contribution in [0.15, 0.2) is 29.4 Å². The molecular formula is C11H14F3N3OS. The molecule has 106 valence electrons. The van der Waals surface area contributed by atoms with Gasteiger partial charge in [-0.15, -0.1) is 0 Å². The van der Waals surface area contributed by atoms with E-state index in [1.54, 1.807) is 36.2 Å². The van der Waals surface area contributed by atoms with Gasteiger partial charge >= 0.3 is 5.51 Å². The molecule has 0 aromatic heterocycles. The van der Waals surface area contributed by atoms with Crippen molar-refractivity contribution in [2.24, 2.45) is 10.9 Å². The zero-order valence-corrected chi connectivity index (χ0v) is 11.0. The maximum Gasteiger partial charge on any atom is 0.441 e. The summed E-state index contributed by atoms with van der Waals surface area (Å²) >= 11 is -0.0456. The first kappa shape index (κ1) is 15.5. The molecule has 0 bridgehead atoms. The fourth-order valence-corrected chi connectivity index (χ4v) is 1.97. The molecule has 0 atom stereocenters. The van der Waals surface area contributed by atoms with Gasteiger partial charge in [0.1, 0.15) is 0 Å². The predicted molar refractivity (Wildman–Crippen MR) is 70.7 cm³/mol. The summed E-state index contributed by atoms with van der Waals surface area (Å²) in [4.78, 5) is 1.70. The predicted octanol–water partition coefficient (Wildman–Crippen LogP) is 2.47. The van der Waals surface area contributed by atoms with Crippen LogP contribution in [0.2, 0.25) is 0 Å². The van der Waals surface area contributed by atoms with E-state index in [-0.39, 0.29) is 29.9 Å². The first-order valence-corrected chi connectivity index (χ1v) is 6.32. The number of benzene rings is 1. The number of alkyl halides is 3. The van der Waals surface area contributed by atoms with Crippen molar-refractivity contribution in [2.45, 2.75) is 5.51 Å². The standard InChI is InChI=1S/C11H14F3N3OS/c1-17(6-7-19-11(12,13)14)9-4-2-8(3-5-9)10(15)16-18/h2-5,18H,6-7H2,1H3,(H2,15,16). The van der Waals surface area contributed by atoms with E-state index in [4.69, 9.17) is 10.9 Å². The highest BCUT2D eigenvalue weighted by atomic mass is 32.2. The highest BCUT2D eigenvalue weighted by Crippen LogP contribution is 2.30. The van der Waals surface area contributed by atoms with Gasteiger partial charge in [-0.05, 0) is 36.0 Å². The second-order valence-electron chi connectivity index (χ2n) is 3.75. The molecule has 0 spiro atoms. The second-order valence-corrected chi connectivity index (χ2v) is 4.91. The van der Waals surface area contributed by atoms with E-state index in [2.05, 4.69) is 5.16 Å². The minimum atomic E-state index is -4.20. The summed E-state index contributed by atoms with van der Waals surface area (Å²) < 4.78 is 35.9. The number of halogens is 3. The topological polar surface area (TPSA) is 61.8 Å². The summed E-state index contributed by atoms with van der Waals surface area (Å²) in [6, 6.07) is 6.67. The molecule has 0 saturated heterocycles. The molecule has 1 aromatic carbocycles. The van der Waals surface area contributed by atoms with E-state index in [1.165, 1.54) is 0 Å². The van der Waals surface area contributed by atoms with Gasteiger partial charge in [-0.1, -0.05) is 5.16 Å². The molecule has 0 unspecified atom stereocenters. The number of anilines is 1. The fraction of sp³-hybridized carbons (Fsp3) is 0.364. The van der Waals surface area contributed by atoms with Crippen LogP contribution < -0.4 is 10.6 Å². The monoisotopic (exact) mass is 293 g/mol. The van der Waals surface area contributed by atoms with Crippen molar-refractivity contribution in [1.82, 2.24) is 0 Å². The van der Waals surface area contributed by atoms with E-state index in [0.29, 0.717) is 5.56 Å². The van der Waals surface area contributed by atoms with Crippen LogP contribution >= 0.6 is 11.8 Å². The van der Waals surface area contributed by atoms with Crippen molar-refractivity contribution in [3.63, 3.8) is 0 Å². The Kier molecular flexibility index (Phi) is 5.34. The minimum Gasteiger partial charge on any atom is -0.409 e. The van der Waals surface area contributed by atoms with Crippen LogP contribution in [0, 0.1) is 0 Å². The summed E-state index contributed by atoms with van der Waals surface area (Å²) in [6.07, 6.45) is 0. The zero-order chi connectivity index (χ0) is 14.5. The Hall–Kier alpha value is -1.57. The van der Waals surface area contributed by atoms with Crippen LogP contribution in [0.5, 0.6) is 0 Å². The quantitative estimate of drug-likeness (QED) is 0.379. The van der Waals surface area contributed by atoms with E-state index >= 15 is 0 Å². The average molecular weight is 293 g/mol. The number of oxime groups is 1. The molecule has 1 rings (SSSR count). The molecule has 0 saturated carbocycles. The van der Waals surface area contributed by atoms with Crippen molar-refractivity contribution in [3.05, 3.63) is 29.8 Å². The van der Waals surface area contributed by atoms with Gasteiger partial charge in [0.05, 0.1) is 0 Å². The first-order valence-electron chi connectivity index (χ1n) is 5.33. The molecule has 0 amide bonds. The van der Waals surface area contributed by atoms with Crippen molar-refractivity contribution < 1.29 is 18.4 Å². The molecule has 0 aliphatic rings. The molecular weight excluding hydrogens is 279 g/mol. The van der Waals surface area contributed by atoms with Crippen molar-refractivity contribution >= 4 is 23.3 Å². The van der Waals surface area contributed by atoms with Crippen molar-refractivity contribution in [2.75, 3.05) is 24.2 Å². The minimum absolute atomic E-state index is 0.0122. The van der Waals surface area contributed by atoms with Gasteiger partial charge in [-0.2, -0.15) is 13.2 Å². The maximum absolute atomic E-state index is 12.0. The van der Waals surface area contributed by atoms with Gasteiger partial charge in [0.15, 0.2) is 5.84 Å². The summed E-state index contributed by atoms with van der Waals surface area (Å²) in [7, 11) is 1.70. The number of amidine groups is 1. The largest absolute Gasteiger partial charge is 0.441 e. The number of thioether (sulfide) groups is 1. The lowest BCUT2D eigenvalue weighted by Gasteiger charge is -2.19. The smallest absolute Gasteiger partial charge is 0.409 e. The van der Waals surface area contributed by atoms with E-state index in [1.807, 2.05) is 0 Å². The van der Waals surface area contributed by atoms with Gasteiger partial charge < -0.3 is 15.8 Å². The molecule has 0 aliphatic heterocycles. The van der Waals surface area contributed by atoms with Gasteiger partial charge in [0, 0.05) is 30.6 Å². The average Bonchev–Trinajstić information content (AvgIpc) is 2.36. The molecule has 0 radical (unpaired) electrons. The Balaban J connectivity index is 2.56. The third-order valence-corrected chi connectivity index (χ3v) is 3.12. The molecule has 19 heavy (non-hydrogen) atoms. The third-order valence-electron chi connectivity index (χ3n) is 2.40. The van der Waals surface area contributed by atoms with Crippen LogP contribution in [-0.4, -0.2) is 35.9 Å². The van der Waals surface area contributed by atoms with Gasteiger partial charge in [-0.25, -0.2) is 0 Å². The van der Waals surface area contributed by atoms with E-state index in [0.717, 1.165) is 5.69 Å². The first-order chi connectivity index (χ1) is 8.83. The summed E-state index contributed by atoms with van der Waals surface area (Å²) in [5, 5.41) is 11.4. The van der Waals surface area contributed by atoms with Gasteiger partial charge in [0.2, 0.25) is 0 Å². The molecule has 8 heteroatoms. The van der Waals surface area contributed by atoms with Crippen LogP contribution in [0.4, 0.5) is 18.9 Å². The Bertz CT molecular complexity index is 434. The normalized spacial score (nSPS) is 12.5. The van der Waals surface area contributed by atoms with Crippen LogP contribution in [0.1, 0.15) is 5.56 Å². The Morgan fingerprint density at radius 1 is 1.37 bits per heavy atom. The van der Waals surface area contributed by atoms with Crippen LogP contribution in [0.3, 0.4) is 0 Å². The van der Waals surface area contributed by atoms with Crippen molar-refractivity contribution in [1.29, 1.82) is 0 Å². The molecule has 3 N–H and O–H groups in total. The highest BCUT2D eigenvalue weighted by molar-refractivity contribution is 8.00. The Labute approximate surface area is 113 Å². The lowest BCUT2D eigenvalue weighted by Crippen LogP contribution is -2.22. The van der Waals surface area contributed by atoms with E-state index < -0.39 is 5.51 Å². The molecule has 4 nitrogen and oxygen atoms in total. The lowest BCUT2D eigenvalue weighted by molar-refractivity contribution is -0.0327. The summed E-state index contributed by atoms with van der Waals surface area (Å²) in [6.45, 7) is 0.271. The van der Waals surface area contributed by atoms with Crippen LogP contribution in [-0.2, 0) is 0 Å². The highest BCUT2D eigenvalue weighted by Gasteiger charge is 2.27. The number of rotatable bonds is 5. The SMILES string of the molecule is CN(CCSC(F)(F)F)c1ccc(/C(N)=N/O)cc1. The van der Waals surface area contributed by atoms with E-state index in [9.17, 15) is 13.2 Å². The number of nitrogens with two attached hydrogens (primary N) is 1.